The van der Waals surface area contributed by atoms with Crippen LogP contribution in [0.25, 0.3) is 5.69 Å². The van der Waals surface area contributed by atoms with Crippen LogP contribution in [0, 0.1) is 18.7 Å². The fourth-order valence-corrected chi connectivity index (χ4v) is 4.19. The normalized spacial score (nSPS) is 23.4. The lowest BCUT2D eigenvalue weighted by atomic mass is 9.87. The molecule has 1 aromatic carbocycles. The first-order chi connectivity index (χ1) is 15.3. The quantitative estimate of drug-likeness (QED) is 0.541. The SMILES string of the molecule is Cc1cc(C(F)(F)F)cc(N2C(=O)[C@H](C)[C@@](C)(O)[C@H]2c2nccn2-c2ccc(F)c(Cl)c2)n1. The first-order valence-electron chi connectivity index (χ1n) is 9.92. The van der Waals surface area contributed by atoms with Crippen molar-refractivity contribution in [1.82, 2.24) is 14.5 Å². The molecule has 2 aromatic heterocycles. The van der Waals surface area contributed by atoms with Gasteiger partial charge in [0, 0.05) is 23.8 Å². The number of imidazole rings is 1. The van der Waals surface area contributed by atoms with Crippen LogP contribution in [0.2, 0.25) is 5.02 Å². The van der Waals surface area contributed by atoms with Crippen LogP contribution in [0.5, 0.6) is 0 Å². The molecule has 4 rings (SSSR count). The molecule has 33 heavy (non-hydrogen) atoms. The van der Waals surface area contributed by atoms with Crippen LogP contribution in [0.3, 0.4) is 0 Å². The number of benzene rings is 1. The Hall–Kier alpha value is -2.98. The van der Waals surface area contributed by atoms with Gasteiger partial charge in [0.05, 0.1) is 16.5 Å². The number of aryl methyl sites for hydroxylation is 1. The zero-order valence-corrected chi connectivity index (χ0v) is 18.5. The number of rotatable bonds is 3. The average Bonchev–Trinajstić information content (AvgIpc) is 3.26. The summed E-state index contributed by atoms with van der Waals surface area (Å²) in [5, 5.41) is 11.2. The second kappa shape index (κ2) is 7.81. The van der Waals surface area contributed by atoms with E-state index in [4.69, 9.17) is 11.6 Å². The highest BCUT2D eigenvalue weighted by Gasteiger charge is 2.57. The highest BCUT2D eigenvalue weighted by atomic mass is 35.5. The summed E-state index contributed by atoms with van der Waals surface area (Å²) in [6.07, 6.45) is -1.73. The maximum atomic E-state index is 13.7. The molecule has 1 saturated heterocycles. The molecule has 1 aliphatic rings. The van der Waals surface area contributed by atoms with Gasteiger partial charge in [-0.05, 0) is 44.2 Å². The fraction of sp³-hybridized carbons (Fsp3) is 0.318. The van der Waals surface area contributed by atoms with Crippen LogP contribution in [-0.4, -0.2) is 31.1 Å². The van der Waals surface area contributed by atoms with Crippen LogP contribution >= 0.6 is 11.6 Å². The fourth-order valence-electron chi connectivity index (χ4n) is 4.01. The zero-order chi connectivity index (χ0) is 24.3. The third-order valence-electron chi connectivity index (χ3n) is 5.91. The minimum Gasteiger partial charge on any atom is -0.387 e. The third-order valence-corrected chi connectivity index (χ3v) is 6.20. The van der Waals surface area contributed by atoms with Gasteiger partial charge in [-0.2, -0.15) is 13.2 Å². The van der Waals surface area contributed by atoms with Gasteiger partial charge in [-0.1, -0.05) is 18.5 Å². The molecule has 1 aliphatic heterocycles. The van der Waals surface area contributed by atoms with E-state index in [0.717, 1.165) is 23.1 Å². The monoisotopic (exact) mass is 482 g/mol. The number of amides is 1. The molecule has 6 nitrogen and oxygen atoms in total. The Labute approximate surface area is 191 Å². The van der Waals surface area contributed by atoms with E-state index in [-0.39, 0.29) is 22.4 Å². The van der Waals surface area contributed by atoms with Crippen molar-refractivity contribution in [3.05, 3.63) is 70.6 Å². The van der Waals surface area contributed by atoms with Crippen molar-refractivity contribution in [2.24, 2.45) is 5.92 Å². The highest BCUT2D eigenvalue weighted by molar-refractivity contribution is 6.30. The number of anilines is 1. The largest absolute Gasteiger partial charge is 0.416 e. The van der Waals surface area contributed by atoms with Crippen molar-refractivity contribution in [1.29, 1.82) is 0 Å². The number of halogens is 5. The molecule has 0 aliphatic carbocycles. The van der Waals surface area contributed by atoms with E-state index in [1.54, 1.807) is 0 Å². The molecule has 0 spiro atoms. The maximum absolute atomic E-state index is 13.7. The molecular weight excluding hydrogens is 464 g/mol. The Kier molecular flexibility index (Phi) is 5.49. The summed E-state index contributed by atoms with van der Waals surface area (Å²) >= 11 is 5.91. The van der Waals surface area contributed by atoms with Gasteiger partial charge in [0.1, 0.15) is 29.1 Å². The van der Waals surface area contributed by atoms with Gasteiger partial charge in [0.2, 0.25) is 5.91 Å². The number of carbonyl (C=O) groups is 1. The van der Waals surface area contributed by atoms with Gasteiger partial charge in [-0.25, -0.2) is 14.4 Å². The van der Waals surface area contributed by atoms with Gasteiger partial charge in [-0.15, -0.1) is 0 Å². The minimum absolute atomic E-state index is 0.0548. The molecule has 1 fully saturated rings. The molecule has 3 atom stereocenters. The standard InChI is InChI=1S/C22H19ClF4N4O2/c1-11-8-13(22(25,26)27)9-17(29-11)31-18(21(3,33)12(2)20(31)32)19-28-6-7-30(19)14-4-5-16(24)15(23)10-14/h4-10,12,18,33H,1-3H3/t12-,18+,21+/m0/s1. The lowest BCUT2D eigenvalue weighted by Gasteiger charge is -2.32. The minimum atomic E-state index is -4.65. The Morgan fingerprint density at radius 1 is 1.21 bits per heavy atom. The second-order valence-electron chi connectivity index (χ2n) is 8.17. The first kappa shape index (κ1) is 23.2. The van der Waals surface area contributed by atoms with E-state index >= 15 is 0 Å². The Bertz CT molecular complexity index is 1240. The third kappa shape index (κ3) is 3.87. The Morgan fingerprint density at radius 3 is 2.55 bits per heavy atom. The van der Waals surface area contributed by atoms with Crippen molar-refractivity contribution >= 4 is 23.3 Å². The summed E-state index contributed by atoms with van der Waals surface area (Å²) < 4.78 is 55.5. The lowest BCUT2D eigenvalue weighted by molar-refractivity contribution is -0.137. The number of aliphatic hydroxyl groups is 1. The van der Waals surface area contributed by atoms with Gasteiger partial charge in [0.25, 0.3) is 0 Å². The molecule has 0 unspecified atom stereocenters. The van der Waals surface area contributed by atoms with Crippen LogP contribution in [0.4, 0.5) is 23.4 Å². The Balaban J connectivity index is 1.91. The molecule has 3 heterocycles. The summed E-state index contributed by atoms with van der Waals surface area (Å²) in [4.78, 5) is 22.7. The van der Waals surface area contributed by atoms with Crippen LogP contribution in [0.1, 0.15) is 37.0 Å². The molecule has 1 N–H and O–H groups in total. The molecule has 0 bridgehead atoms. The van der Waals surface area contributed by atoms with Crippen molar-refractivity contribution in [2.45, 2.75) is 38.6 Å². The summed E-state index contributed by atoms with van der Waals surface area (Å²) in [7, 11) is 0. The summed E-state index contributed by atoms with van der Waals surface area (Å²) in [5.74, 6) is -2.32. The second-order valence-corrected chi connectivity index (χ2v) is 8.57. The summed E-state index contributed by atoms with van der Waals surface area (Å²) in [6.45, 7) is 4.28. The van der Waals surface area contributed by atoms with Crippen molar-refractivity contribution < 1.29 is 27.5 Å². The topological polar surface area (TPSA) is 71.2 Å². The van der Waals surface area contributed by atoms with Crippen LogP contribution < -0.4 is 4.90 Å². The number of alkyl halides is 3. The number of hydrogen-bond acceptors (Lipinski definition) is 4. The summed E-state index contributed by atoms with van der Waals surface area (Å²) in [5.41, 5.74) is -2.23. The van der Waals surface area contributed by atoms with Gasteiger partial charge < -0.3 is 9.67 Å². The van der Waals surface area contributed by atoms with E-state index in [2.05, 4.69) is 9.97 Å². The van der Waals surface area contributed by atoms with Crippen molar-refractivity contribution in [3.63, 3.8) is 0 Å². The highest BCUT2D eigenvalue weighted by Crippen LogP contribution is 2.47. The molecule has 3 aromatic rings. The number of nitrogens with zero attached hydrogens (tertiary/aromatic N) is 4. The zero-order valence-electron chi connectivity index (χ0n) is 17.7. The van der Waals surface area contributed by atoms with E-state index in [9.17, 15) is 27.5 Å². The molecule has 0 radical (unpaired) electrons. The first-order valence-corrected chi connectivity index (χ1v) is 10.3. The number of aromatic nitrogens is 3. The molecule has 174 valence electrons. The maximum Gasteiger partial charge on any atom is 0.416 e. The molecule has 11 heteroatoms. The smallest absolute Gasteiger partial charge is 0.387 e. The van der Waals surface area contributed by atoms with Gasteiger partial charge in [0.15, 0.2) is 0 Å². The lowest BCUT2D eigenvalue weighted by Crippen LogP contribution is -2.39. The van der Waals surface area contributed by atoms with Crippen molar-refractivity contribution in [3.8, 4) is 5.69 Å². The predicted octanol–water partition coefficient (Wildman–Crippen LogP) is 4.86. The van der Waals surface area contributed by atoms with E-state index in [1.807, 2.05) is 0 Å². The molecule has 1 amide bonds. The van der Waals surface area contributed by atoms with Gasteiger partial charge >= 0.3 is 6.18 Å². The average molecular weight is 483 g/mol. The number of pyridine rings is 1. The van der Waals surface area contributed by atoms with Gasteiger partial charge in [-0.3, -0.25) is 9.69 Å². The van der Waals surface area contributed by atoms with Crippen LogP contribution in [0.15, 0.2) is 42.7 Å². The summed E-state index contributed by atoms with van der Waals surface area (Å²) in [6, 6.07) is 4.38. The molecule has 0 saturated carbocycles. The number of hydrogen-bond donors (Lipinski definition) is 1. The molecular formula is C22H19ClF4N4O2. The van der Waals surface area contributed by atoms with E-state index in [0.29, 0.717) is 5.69 Å². The van der Waals surface area contributed by atoms with Crippen LogP contribution in [-0.2, 0) is 11.0 Å². The number of carbonyl (C=O) groups excluding carboxylic acids is 1. The Morgan fingerprint density at radius 2 is 1.91 bits per heavy atom. The van der Waals surface area contributed by atoms with Crippen molar-refractivity contribution in [2.75, 3.05) is 4.90 Å². The van der Waals surface area contributed by atoms with E-state index in [1.165, 1.54) is 49.9 Å². The van der Waals surface area contributed by atoms with E-state index < -0.39 is 41.0 Å². The predicted molar refractivity (Wildman–Crippen MR) is 113 cm³/mol.